The van der Waals surface area contributed by atoms with Crippen LogP contribution in [0.2, 0.25) is 0 Å². The second-order valence-electron chi connectivity index (χ2n) is 3.71. The zero-order valence-corrected chi connectivity index (χ0v) is 9.76. The zero-order chi connectivity index (χ0) is 13.1. The maximum absolute atomic E-state index is 13.1. The van der Waals surface area contributed by atoms with E-state index in [1.807, 2.05) is 0 Å². The van der Waals surface area contributed by atoms with Crippen molar-refractivity contribution < 1.29 is 9.13 Å². The number of nitrogen functional groups attached to an aromatic ring is 1. The highest BCUT2D eigenvalue weighted by Crippen LogP contribution is 2.14. The van der Waals surface area contributed by atoms with E-state index >= 15 is 0 Å². The molecule has 2 aromatic rings. The summed E-state index contributed by atoms with van der Waals surface area (Å²) in [7, 11) is 1.45. The Morgan fingerprint density at radius 1 is 1.39 bits per heavy atom. The van der Waals surface area contributed by atoms with Crippen LogP contribution in [0.5, 0.6) is 5.88 Å². The first-order valence-electron chi connectivity index (χ1n) is 5.26. The molecule has 0 aliphatic heterocycles. The molecule has 0 aliphatic carbocycles. The number of ether oxygens (including phenoxy) is 1. The molecule has 0 amide bonds. The van der Waals surface area contributed by atoms with Crippen LogP contribution in [0.25, 0.3) is 0 Å². The Morgan fingerprint density at radius 3 is 2.89 bits per heavy atom. The molecule has 1 aromatic carbocycles. The van der Waals surface area contributed by atoms with Crippen LogP contribution in [0.3, 0.4) is 0 Å². The van der Waals surface area contributed by atoms with Crippen molar-refractivity contribution in [2.24, 2.45) is 0 Å². The Morgan fingerprint density at radius 2 is 2.17 bits per heavy atom. The van der Waals surface area contributed by atoms with Crippen LogP contribution in [0.1, 0.15) is 5.56 Å². The lowest BCUT2D eigenvalue weighted by Gasteiger charge is -2.08. The van der Waals surface area contributed by atoms with E-state index in [0.29, 0.717) is 17.1 Å². The highest BCUT2D eigenvalue weighted by Gasteiger charge is 2.06. The normalized spacial score (nSPS) is 10.3. The van der Waals surface area contributed by atoms with Gasteiger partial charge in [-0.1, -0.05) is 0 Å². The zero-order valence-electron chi connectivity index (χ0n) is 9.76. The van der Waals surface area contributed by atoms with Crippen LogP contribution in [0.4, 0.5) is 10.1 Å². The first-order valence-corrected chi connectivity index (χ1v) is 5.26. The van der Waals surface area contributed by atoms with Crippen molar-refractivity contribution in [2.45, 2.75) is 6.54 Å². The molecule has 0 spiro atoms. The van der Waals surface area contributed by atoms with E-state index in [9.17, 15) is 9.18 Å². The maximum atomic E-state index is 13.1. The topological polar surface area (TPSA) is 70.1 Å². The number of halogens is 1. The molecular formula is C12H12FN3O2. The van der Waals surface area contributed by atoms with Gasteiger partial charge in [0.05, 0.1) is 13.7 Å². The predicted octanol–water partition coefficient (Wildman–Crippen LogP) is 1.02. The van der Waals surface area contributed by atoms with Gasteiger partial charge in [0.2, 0.25) is 5.88 Å². The number of nitrogens with two attached hydrogens (primary N) is 1. The maximum Gasteiger partial charge on any atom is 0.267 e. The molecule has 2 rings (SSSR count). The summed E-state index contributed by atoms with van der Waals surface area (Å²) in [5.74, 6) is -0.0975. The van der Waals surface area contributed by atoms with E-state index in [-0.39, 0.29) is 12.1 Å². The number of hydrogen-bond donors (Lipinski definition) is 1. The Labute approximate surface area is 103 Å². The predicted molar refractivity (Wildman–Crippen MR) is 65.0 cm³/mol. The molecule has 0 atom stereocenters. The molecule has 94 valence electrons. The third-order valence-electron chi connectivity index (χ3n) is 2.48. The van der Waals surface area contributed by atoms with Gasteiger partial charge in [-0.15, -0.1) is 5.10 Å². The summed E-state index contributed by atoms with van der Waals surface area (Å²) in [4.78, 5) is 11.6. The van der Waals surface area contributed by atoms with Gasteiger partial charge in [-0.25, -0.2) is 9.07 Å². The second-order valence-corrected chi connectivity index (χ2v) is 3.71. The van der Waals surface area contributed by atoms with E-state index in [2.05, 4.69) is 5.10 Å². The van der Waals surface area contributed by atoms with E-state index in [1.165, 1.54) is 42.1 Å². The Kier molecular flexibility index (Phi) is 3.27. The molecule has 1 aromatic heterocycles. The van der Waals surface area contributed by atoms with Crippen molar-refractivity contribution in [2.75, 3.05) is 12.8 Å². The van der Waals surface area contributed by atoms with Crippen LogP contribution in [0, 0.1) is 5.82 Å². The Balaban J connectivity index is 2.39. The summed E-state index contributed by atoms with van der Waals surface area (Å²) in [5, 5.41) is 3.96. The fraction of sp³-hybridized carbons (Fsp3) is 0.167. The van der Waals surface area contributed by atoms with Crippen molar-refractivity contribution in [1.82, 2.24) is 9.78 Å². The van der Waals surface area contributed by atoms with Gasteiger partial charge in [-0.3, -0.25) is 4.79 Å². The molecular weight excluding hydrogens is 237 g/mol. The van der Waals surface area contributed by atoms with Crippen LogP contribution in [-0.2, 0) is 6.54 Å². The molecule has 0 fully saturated rings. The molecule has 0 aliphatic rings. The minimum Gasteiger partial charge on any atom is -0.480 e. The number of hydrogen-bond acceptors (Lipinski definition) is 4. The van der Waals surface area contributed by atoms with Gasteiger partial charge in [0.1, 0.15) is 5.82 Å². The molecule has 0 bridgehead atoms. The first kappa shape index (κ1) is 12.1. The standard InChI is InChI=1S/C12H12FN3O2/c1-18-11-4-5-12(17)16(15-11)7-8-6-9(13)2-3-10(8)14/h2-6H,7,14H2,1H3. The number of benzene rings is 1. The number of nitrogens with zero attached hydrogens (tertiary/aromatic N) is 2. The summed E-state index contributed by atoms with van der Waals surface area (Å²) in [6, 6.07) is 6.80. The van der Waals surface area contributed by atoms with Crippen LogP contribution in [-0.4, -0.2) is 16.9 Å². The van der Waals surface area contributed by atoms with E-state index < -0.39 is 5.82 Å². The van der Waals surface area contributed by atoms with Gasteiger partial charge < -0.3 is 10.5 Å². The minimum absolute atomic E-state index is 0.0969. The van der Waals surface area contributed by atoms with Gasteiger partial charge in [-0.05, 0) is 23.8 Å². The van der Waals surface area contributed by atoms with Crippen LogP contribution < -0.4 is 16.0 Å². The summed E-state index contributed by atoms with van der Waals surface area (Å²) >= 11 is 0. The molecule has 0 saturated heterocycles. The molecule has 2 N–H and O–H groups in total. The van der Waals surface area contributed by atoms with Crippen molar-refractivity contribution in [3.63, 3.8) is 0 Å². The quantitative estimate of drug-likeness (QED) is 0.824. The lowest BCUT2D eigenvalue weighted by Crippen LogP contribution is -2.23. The highest BCUT2D eigenvalue weighted by atomic mass is 19.1. The number of aromatic nitrogens is 2. The monoisotopic (exact) mass is 249 g/mol. The van der Waals surface area contributed by atoms with Crippen LogP contribution in [0.15, 0.2) is 35.1 Å². The molecule has 5 nitrogen and oxygen atoms in total. The van der Waals surface area contributed by atoms with Gasteiger partial charge in [0.25, 0.3) is 5.56 Å². The van der Waals surface area contributed by atoms with E-state index in [0.717, 1.165) is 0 Å². The average molecular weight is 249 g/mol. The lowest BCUT2D eigenvalue weighted by molar-refractivity contribution is 0.379. The van der Waals surface area contributed by atoms with E-state index in [1.54, 1.807) is 0 Å². The third-order valence-corrected chi connectivity index (χ3v) is 2.48. The fourth-order valence-electron chi connectivity index (χ4n) is 1.52. The smallest absolute Gasteiger partial charge is 0.267 e. The number of rotatable bonds is 3. The largest absolute Gasteiger partial charge is 0.480 e. The van der Waals surface area contributed by atoms with Crippen molar-refractivity contribution in [1.29, 1.82) is 0 Å². The molecule has 18 heavy (non-hydrogen) atoms. The summed E-state index contributed by atoms with van der Waals surface area (Å²) < 4.78 is 19.2. The summed E-state index contributed by atoms with van der Waals surface area (Å²) in [6.45, 7) is 0.0969. The highest BCUT2D eigenvalue weighted by molar-refractivity contribution is 5.46. The van der Waals surface area contributed by atoms with Gasteiger partial charge >= 0.3 is 0 Å². The second kappa shape index (κ2) is 4.87. The van der Waals surface area contributed by atoms with Crippen LogP contribution >= 0.6 is 0 Å². The SMILES string of the molecule is COc1ccc(=O)n(Cc2cc(F)ccc2N)n1. The van der Waals surface area contributed by atoms with Gasteiger partial charge in [0.15, 0.2) is 0 Å². The molecule has 0 saturated carbocycles. The summed E-state index contributed by atoms with van der Waals surface area (Å²) in [5.41, 5.74) is 6.32. The van der Waals surface area contributed by atoms with Crippen molar-refractivity contribution in [3.05, 3.63) is 52.1 Å². The van der Waals surface area contributed by atoms with Crippen molar-refractivity contribution in [3.8, 4) is 5.88 Å². The Bertz CT molecular complexity index is 625. The molecule has 0 radical (unpaired) electrons. The van der Waals surface area contributed by atoms with Gasteiger partial charge in [-0.2, -0.15) is 0 Å². The number of anilines is 1. The molecule has 6 heteroatoms. The third kappa shape index (κ3) is 2.48. The van der Waals surface area contributed by atoms with Crippen molar-refractivity contribution >= 4 is 5.69 Å². The van der Waals surface area contributed by atoms with E-state index in [4.69, 9.17) is 10.5 Å². The Hall–Kier alpha value is -2.37. The van der Waals surface area contributed by atoms with Gasteiger partial charge in [0, 0.05) is 17.8 Å². The molecule has 0 unspecified atom stereocenters. The molecule has 1 heterocycles. The lowest BCUT2D eigenvalue weighted by atomic mass is 10.2. The average Bonchev–Trinajstić information content (AvgIpc) is 2.36. The first-order chi connectivity index (χ1) is 8.60. The minimum atomic E-state index is -0.407. The summed E-state index contributed by atoms with van der Waals surface area (Å²) in [6.07, 6.45) is 0. The number of methoxy groups -OCH3 is 1. The fourth-order valence-corrected chi connectivity index (χ4v) is 1.52.